The van der Waals surface area contributed by atoms with Crippen LogP contribution < -0.4 is 0 Å². The van der Waals surface area contributed by atoms with E-state index in [2.05, 4.69) is 0 Å². The molecule has 1 heterocycles. The lowest BCUT2D eigenvalue weighted by atomic mass is 10.1. The van der Waals surface area contributed by atoms with Gasteiger partial charge in [-0.3, -0.25) is 14.5 Å². The Balaban J connectivity index is 1.79. The van der Waals surface area contributed by atoms with Gasteiger partial charge >= 0.3 is 0 Å². The number of ether oxygens (including phenoxy) is 1. The number of rotatable bonds is 6. The molecule has 2 unspecified atom stereocenters. The molecule has 1 aromatic rings. The molecular formula is C15H19NO4. The third-order valence-corrected chi connectivity index (χ3v) is 3.36. The van der Waals surface area contributed by atoms with Gasteiger partial charge in [-0.15, -0.1) is 0 Å². The predicted octanol–water partition coefficient (Wildman–Crippen LogP) is 1.27. The Morgan fingerprint density at radius 2 is 1.80 bits per heavy atom. The van der Waals surface area contributed by atoms with Crippen LogP contribution in [0.2, 0.25) is 0 Å². The first kappa shape index (κ1) is 14.7. The molecule has 1 saturated heterocycles. The van der Waals surface area contributed by atoms with Crippen molar-refractivity contribution in [1.82, 2.24) is 4.90 Å². The van der Waals surface area contributed by atoms with Gasteiger partial charge in [0.05, 0.1) is 25.4 Å². The number of imide groups is 1. The Bertz CT molecular complexity index is 458. The second-order valence-electron chi connectivity index (χ2n) is 4.94. The second kappa shape index (κ2) is 6.63. The van der Waals surface area contributed by atoms with E-state index in [9.17, 15) is 14.7 Å². The highest BCUT2D eigenvalue weighted by Crippen LogP contribution is 2.17. The highest BCUT2D eigenvalue weighted by molar-refractivity contribution is 6.01. The minimum absolute atomic E-state index is 0.0131. The number of hydrogen-bond acceptors (Lipinski definition) is 4. The van der Waals surface area contributed by atoms with Crippen LogP contribution in [0, 0.1) is 0 Å². The molecule has 0 spiro atoms. The molecule has 2 amide bonds. The monoisotopic (exact) mass is 277 g/mol. The first-order valence-electron chi connectivity index (χ1n) is 6.75. The molecule has 2 rings (SSSR count). The molecule has 0 bridgehead atoms. The highest BCUT2D eigenvalue weighted by Gasteiger charge is 2.30. The zero-order chi connectivity index (χ0) is 14.5. The molecule has 1 aromatic carbocycles. The summed E-state index contributed by atoms with van der Waals surface area (Å²) in [5.41, 5.74) is 1.02. The van der Waals surface area contributed by atoms with Crippen molar-refractivity contribution in [2.45, 2.75) is 32.0 Å². The molecule has 2 atom stereocenters. The Morgan fingerprint density at radius 3 is 2.40 bits per heavy atom. The SMILES string of the molecule is CC(OCC(O)CN1C(=O)CCC1=O)c1ccccc1. The third kappa shape index (κ3) is 3.65. The molecule has 0 aliphatic carbocycles. The number of nitrogens with zero attached hydrogens (tertiary/aromatic N) is 1. The average Bonchev–Trinajstić information content (AvgIpc) is 2.77. The van der Waals surface area contributed by atoms with Gasteiger partial charge in [0.25, 0.3) is 0 Å². The zero-order valence-corrected chi connectivity index (χ0v) is 11.5. The molecule has 1 aliphatic heterocycles. The molecule has 5 heteroatoms. The fraction of sp³-hybridized carbons (Fsp3) is 0.467. The molecule has 20 heavy (non-hydrogen) atoms. The maximum atomic E-state index is 11.4. The van der Waals surface area contributed by atoms with Crippen molar-refractivity contribution in [2.75, 3.05) is 13.2 Å². The van der Waals surface area contributed by atoms with Crippen molar-refractivity contribution in [3.8, 4) is 0 Å². The minimum atomic E-state index is -0.854. The number of likely N-dealkylation sites (tertiary alicyclic amines) is 1. The topological polar surface area (TPSA) is 66.8 Å². The number of carbonyl (C=O) groups excluding carboxylic acids is 2. The molecule has 5 nitrogen and oxygen atoms in total. The Morgan fingerprint density at radius 1 is 1.20 bits per heavy atom. The van der Waals surface area contributed by atoms with Gasteiger partial charge < -0.3 is 9.84 Å². The van der Waals surface area contributed by atoms with E-state index in [0.717, 1.165) is 10.5 Å². The lowest BCUT2D eigenvalue weighted by molar-refractivity contribution is -0.140. The zero-order valence-electron chi connectivity index (χ0n) is 11.5. The summed E-state index contributed by atoms with van der Waals surface area (Å²) in [6.07, 6.45) is -0.511. The van der Waals surface area contributed by atoms with E-state index in [1.165, 1.54) is 0 Å². The van der Waals surface area contributed by atoms with E-state index >= 15 is 0 Å². The fourth-order valence-corrected chi connectivity index (χ4v) is 2.17. The van der Waals surface area contributed by atoms with Gasteiger partial charge in [0.1, 0.15) is 0 Å². The van der Waals surface area contributed by atoms with Crippen LogP contribution in [0.1, 0.15) is 31.4 Å². The maximum Gasteiger partial charge on any atom is 0.229 e. The lowest BCUT2D eigenvalue weighted by Crippen LogP contribution is -2.38. The highest BCUT2D eigenvalue weighted by atomic mass is 16.5. The summed E-state index contributed by atoms with van der Waals surface area (Å²) in [4.78, 5) is 24.0. The second-order valence-corrected chi connectivity index (χ2v) is 4.94. The summed E-state index contributed by atoms with van der Waals surface area (Å²) in [6.45, 7) is 2.00. The Kier molecular flexibility index (Phi) is 4.87. The number of β-amino-alcohol motifs (C(OH)–C–C–N with tert-alkyl or cyclic N) is 1. The number of aliphatic hydroxyl groups is 1. The van der Waals surface area contributed by atoms with E-state index in [-0.39, 0.29) is 43.9 Å². The molecule has 1 fully saturated rings. The smallest absolute Gasteiger partial charge is 0.229 e. The summed E-state index contributed by atoms with van der Waals surface area (Å²) >= 11 is 0. The summed E-state index contributed by atoms with van der Waals surface area (Å²) in [7, 11) is 0. The lowest BCUT2D eigenvalue weighted by Gasteiger charge is -2.20. The fourth-order valence-electron chi connectivity index (χ4n) is 2.17. The first-order valence-corrected chi connectivity index (χ1v) is 6.75. The van der Waals surface area contributed by atoms with Crippen molar-refractivity contribution in [3.63, 3.8) is 0 Å². The standard InChI is InChI=1S/C15H19NO4/c1-11(12-5-3-2-4-6-12)20-10-13(17)9-16-14(18)7-8-15(16)19/h2-6,11,13,17H,7-10H2,1H3. The van der Waals surface area contributed by atoms with Crippen LogP contribution in [0.4, 0.5) is 0 Å². The van der Waals surface area contributed by atoms with E-state index in [1.807, 2.05) is 37.3 Å². The number of amides is 2. The van der Waals surface area contributed by atoms with Gasteiger partial charge in [0.15, 0.2) is 0 Å². The summed E-state index contributed by atoms with van der Waals surface area (Å²) in [6, 6.07) is 9.67. The van der Waals surface area contributed by atoms with Gasteiger partial charge in [-0.1, -0.05) is 30.3 Å². The largest absolute Gasteiger partial charge is 0.389 e. The van der Waals surface area contributed by atoms with Crippen LogP contribution in [0.25, 0.3) is 0 Å². The molecular weight excluding hydrogens is 258 g/mol. The molecule has 1 N–H and O–H groups in total. The van der Waals surface area contributed by atoms with Crippen molar-refractivity contribution in [2.24, 2.45) is 0 Å². The molecule has 108 valence electrons. The van der Waals surface area contributed by atoms with Crippen molar-refractivity contribution in [3.05, 3.63) is 35.9 Å². The summed E-state index contributed by atoms with van der Waals surface area (Å²) in [5, 5.41) is 9.87. The van der Waals surface area contributed by atoms with E-state index in [0.29, 0.717) is 0 Å². The van der Waals surface area contributed by atoms with Crippen molar-refractivity contribution >= 4 is 11.8 Å². The maximum absolute atomic E-state index is 11.4. The Labute approximate surface area is 118 Å². The van der Waals surface area contributed by atoms with E-state index < -0.39 is 6.10 Å². The minimum Gasteiger partial charge on any atom is -0.389 e. The van der Waals surface area contributed by atoms with Crippen LogP contribution in [0.5, 0.6) is 0 Å². The molecule has 1 aliphatic rings. The van der Waals surface area contributed by atoms with Crippen LogP contribution in [-0.2, 0) is 14.3 Å². The number of aliphatic hydroxyl groups excluding tert-OH is 1. The molecule has 0 radical (unpaired) electrons. The van der Waals surface area contributed by atoms with Crippen molar-refractivity contribution in [1.29, 1.82) is 0 Å². The summed E-state index contributed by atoms with van der Waals surface area (Å²) < 4.78 is 5.57. The number of benzene rings is 1. The normalized spacial score (nSPS) is 18.4. The predicted molar refractivity (Wildman–Crippen MR) is 72.8 cm³/mol. The van der Waals surface area contributed by atoms with E-state index in [4.69, 9.17) is 4.74 Å². The van der Waals surface area contributed by atoms with Crippen LogP contribution in [-0.4, -0.2) is 41.1 Å². The van der Waals surface area contributed by atoms with Gasteiger partial charge in [-0.2, -0.15) is 0 Å². The van der Waals surface area contributed by atoms with Crippen molar-refractivity contribution < 1.29 is 19.4 Å². The van der Waals surface area contributed by atoms with Gasteiger partial charge in [-0.05, 0) is 12.5 Å². The number of hydrogen-bond donors (Lipinski definition) is 1. The van der Waals surface area contributed by atoms with Crippen LogP contribution >= 0.6 is 0 Å². The van der Waals surface area contributed by atoms with E-state index in [1.54, 1.807) is 0 Å². The van der Waals surface area contributed by atoms with Gasteiger partial charge in [0, 0.05) is 12.8 Å². The third-order valence-electron chi connectivity index (χ3n) is 3.36. The Hall–Kier alpha value is -1.72. The quantitative estimate of drug-likeness (QED) is 0.795. The number of carbonyl (C=O) groups is 2. The first-order chi connectivity index (χ1) is 9.58. The molecule has 0 saturated carbocycles. The van der Waals surface area contributed by atoms with Crippen LogP contribution in [0.15, 0.2) is 30.3 Å². The average molecular weight is 277 g/mol. The molecule has 0 aromatic heterocycles. The van der Waals surface area contributed by atoms with Gasteiger partial charge in [0.2, 0.25) is 11.8 Å². The van der Waals surface area contributed by atoms with Crippen LogP contribution in [0.3, 0.4) is 0 Å². The summed E-state index contributed by atoms with van der Waals surface area (Å²) in [5.74, 6) is -0.435. The van der Waals surface area contributed by atoms with Gasteiger partial charge in [-0.25, -0.2) is 0 Å².